The van der Waals surface area contributed by atoms with E-state index in [1.807, 2.05) is 12.1 Å². The molecule has 15 heavy (non-hydrogen) atoms. The number of nitrogens with zero attached hydrogens (tertiary/aromatic N) is 1. The van der Waals surface area contributed by atoms with Gasteiger partial charge in [-0.15, -0.1) is 6.58 Å². The lowest BCUT2D eigenvalue weighted by Crippen LogP contribution is -1.95. The Morgan fingerprint density at radius 1 is 1.53 bits per heavy atom. The molecule has 1 aromatic rings. The maximum absolute atomic E-state index is 8.78. The van der Waals surface area contributed by atoms with Gasteiger partial charge in [0.15, 0.2) is 0 Å². The van der Waals surface area contributed by atoms with Crippen LogP contribution in [0.5, 0.6) is 5.75 Å². The molecule has 78 valence electrons. The minimum Gasteiger partial charge on any atom is -0.495 e. The zero-order valence-electron chi connectivity index (χ0n) is 8.69. The molecule has 0 amide bonds. The van der Waals surface area contributed by atoms with E-state index in [0.717, 1.165) is 5.56 Å². The van der Waals surface area contributed by atoms with Gasteiger partial charge in [0.05, 0.1) is 25.9 Å². The first kappa shape index (κ1) is 11.3. The first-order valence-electron chi connectivity index (χ1n) is 4.57. The van der Waals surface area contributed by atoms with Gasteiger partial charge in [-0.3, -0.25) is 0 Å². The molecule has 0 saturated carbocycles. The molecule has 0 heterocycles. The van der Waals surface area contributed by atoms with Crippen molar-refractivity contribution in [2.24, 2.45) is 0 Å². The highest BCUT2D eigenvalue weighted by molar-refractivity contribution is 5.45. The zero-order chi connectivity index (χ0) is 11.1. The number of benzene rings is 1. The second kappa shape index (κ2) is 5.84. The van der Waals surface area contributed by atoms with Gasteiger partial charge in [-0.05, 0) is 17.7 Å². The summed E-state index contributed by atoms with van der Waals surface area (Å²) in [6, 6.07) is 7.45. The molecular formula is C12H13NO2. The summed E-state index contributed by atoms with van der Waals surface area (Å²) in [4.78, 5) is 0. The van der Waals surface area contributed by atoms with E-state index >= 15 is 0 Å². The van der Waals surface area contributed by atoms with E-state index in [1.54, 1.807) is 19.3 Å². The fourth-order valence-corrected chi connectivity index (χ4v) is 1.18. The molecule has 0 aliphatic heterocycles. The molecule has 0 spiro atoms. The Balaban J connectivity index is 2.75. The van der Waals surface area contributed by atoms with E-state index in [4.69, 9.17) is 14.7 Å². The van der Waals surface area contributed by atoms with Crippen LogP contribution in [0.1, 0.15) is 11.1 Å². The van der Waals surface area contributed by atoms with Gasteiger partial charge in [-0.25, -0.2) is 0 Å². The fourth-order valence-electron chi connectivity index (χ4n) is 1.18. The second-order valence-electron chi connectivity index (χ2n) is 2.95. The molecule has 0 aromatic heterocycles. The van der Waals surface area contributed by atoms with Gasteiger partial charge in [-0.1, -0.05) is 12.1 Å². The number of hydrogen-bond donors (Lipinski definition) is 0. The molecule has 0 unspecified atom stereocenters. The molecule has 1 rings (SSSR count). The molecule has 3 nitrogen and oxygen atoms in total. The van der Waals surface area contributed by atoms with Crippen LogP contribution in [0.3, 0.4) is 0 Å². The third-order valence-electron chi connectivity index (χ3n) is 1.89. The Morgan fingerprint density at radius 2 is 2.33 bits per heavy atom. The van der Waals surface area contributed by atoms with Crippen LogP contribution in [0.15, 0.2) is 30.9 Å². The lowest BCUT2D eigenvalue weighted by molar-refractivity contribution is 0.148. The van der Waals surface area contributed by atoms with E-state index < -0.39 is 0 Å². The lowest BCUT2D eigenvalue weighted by Gasteiger charge is -2.06. The summed E-state index contributed by atoms with van der Waals surface area (Å²) >= 11 is 0. The molecule has 0 N–H and O–H groups in total. The molecule has 0 fully saturated rings. The maximum atomic E-state index is 8.78. The van der Waals surface area contributed by atoms with E-state index in [9.17, 15) is 0 Å². The Hall–Kier alpha value is -1.79. The first-order valence-corrected chi connectivity index (χ1v) is 4.57. The molecule has 0 atom stereocenters. The molecule has 3 heteroatoms. The van der Waals surface area contributed by atoms with Crippen molar-refractivity contribution in [2.45, 2.75) is 6.61 Å². The van der Waals surface area contributed by atoms with Crippen molar-refractivity contribution < 1.29 is 9.47 Å². The predicted molar refractivity (Wildman–Crippen MR) is 57.6 cm³/mol. The van der Waals surface area contributed by atoms with Crippen LogP contribution in [0.4, 0.5) is 0 Å². The van der Waals surface area contributed by atoms with Crippen molar-refractivity contribution in [2.75, 3.05) is 13.7 Å². The van der Waals surface area contributed by atoms with Crippen LogP contribution in [0.2, 0.25) is 0 Å². The lowest BCUT2D eigenvalue weighted by atomic mass is 10.1. The molecule has 0 aliphatic carbocycles. The summed E-state index contributed by atoms with van der Waals surface area (Å²) < 4.78 is 10.4. The summed E-state index contributed by atoms with van der Waals surface area (Å²) in [5.74, 6) is 0.581. The second-order valence-corrected chi connectivity index (χ2v) is 2.95. The van der Waals surface area contributed by atoms with Gasteiger partial charge in [0.2, 0.25) is 0 Å². The minimum atomic E-state index is 0.494. The van der Waals surface area contributed by atoms with Crippen LogP contribution >= 0.6 is 0 Å². The standard InChI is InChI=1S/C12H13NO2/c1-3-6-15-9-10-4-5-11(8-13)12(7-10)14-2/h3-5,7H,1,6,9H2,2H3. The van der Waals surface area contributed by atoms with Crippen molar-refractivity contribution in [3.05, 3.63) is 42.0 Å². The molecule has 0 radical (unpaired) electrons. The quantitative estimate of drug-likeness (QED) is 0.544. The van der Waals surface area contributed by atoms with Gasteiger partial charge < -0.3 is 9.47 Å². The summed E-state index contributed by atoms with van der Waals surface area (Å²) in [6.45, 7) is 4.57. The van der Waals surface area contributed by atoms with Crippen LogP contribution < -0.4 is 4.74 Å². The topological polar surface area (TPSA) is 42.2 Å². The van der Waals surface area contributed by atoms with Gasteiger partial charge in [0.1, 0.15) is 11.8 Å². The van der Waals surface area contributed by atoms with Crippen LogP contribution in [0.25, 0.3) is 0 Å². The minimum absolute atomic E-state index is 0.494. The van der Waals surface area contributed by atoms with Crippen molar-refractivity contribution in [3.63, 3.8) is 0 Å². The van der Waals surface area contributed by atoms with Crippen molar-refractivity contribution in [1.29, 1.82) is 5.26 Å². The van der Waals surface area contributed by atoms with E-state index in [2.05, 4.69) is 12.6 Å². The SMILES string of the molecule is C=CCOCc1ccc(C#N)c(OC)c1. The third kappa shape index (κ3) is 3.12. The monoisotopic (exact) mass is 203 g/mol. The highest BCUT2D eigenvalue weighted by Gasteiger charge is 2.03. The fraction of sp³-hybridized carbons (Fsp3) is 0.250. The van der Waals surface area contributed by atoms with Crippen LogP contribution in [0, 0.1) is 11.3 Å². The van der Waals surface area contributed by atoms with Crippen LogP contribution in [-0.4, -0.2) is 13.7 Å². The smallest absolute Gasteiger partial charge is 0.136 e. The Bertz CT molecular complexity index is 380. The number of ether oxygens (including phenoxy) is 2. The summed E-state index contributed by atoms with van der Waals surface area (Å²) in [7, 11) is 1.55. The predicted octanol–water partition coefficient (Wildman–Crippen LogP) is 2.27. The Kier molecular flexibility index (Phi) is 4.39. The Morgan fingerprint density at radius 3 is 2.93 bits per heavy atom. The molecule has 0 bridgehead atoms. The first-order chi connectivity index (χ1) is 7.31. The van der Waals surface area contributed by atoms with Gasteiger partial charge in [-0.2, -0.15) is 5.26 Å². The van der Waals surface area contributed by atoms with E-state index in [-0.39, 0.29) is 0 Å². The van der Waals surface area contributed by atoms with Crippen molar-refractivity contribution >= 4 is 0 Å². The average Bonchev–Trinajstić information content (AvgIpc) is 2.29. The molecule has 0 aliphatic rings. The average molecular weight is 203 g/mol. The maximum Gasteiger partial charge on any atom is 0.136 e. The molecular weight excluding hydrogens is 190 g/mol. The number of nitriles is 1. The molecule has 0 saturated heterocycles. The largest absolute Gasteiger partial charge is 0.495 e. The van der Waals surface area contributed by atoms with E-state index in [0.29, 0.717) is 24.5 Å². The van der Waals surface area contributed by atoms with E-state index in [1.165, 1.54) is 0 Å². The summed E-state index contributed by atoms with van der Waals surface area (Å²) in [5.41, 5.74) is 1.51. The summed E-state index contributed by atoms with van der Waals surface area (Å²) in [5, 5.41) is 8.78. The van der Waals surface area contributed by atoms with Gasteiger partial charge >= 0.3 is 0 Å². The number of rotatable bonds is 5. The number of hydrogen-bond acceptors (Lipinski definition) is 3. The third-order valence-corrected chi connectivity index (χ3v) is 1.89. The number of methoxy groups -OCH3 is 1. The van der Waals surface area contributed by atoms with Crippen molar-refractivity contribution in [1.82, 2.24) is 0 Å². The highest BCUT2D eigenvalue weighted by atomic mass is 16.5. The normalized spacial score (nSPS) is 9.33. The van der Waals surface area contributed by atoms with Gasteiger partial charge in [0, 0.05) is 0 Å². The van der Waals surface area contributed by atoms with Crippen molar-refractivity contribution in [3.8, 4) is 11.8 Å². The highest BCUT2D eigenvalue weighted by Crippen LogP contribution is 2.19. The Labute approximate surface area is 89.6 Å². The summed E-state index contributed by atoms with van der Waals surface area (Å²) in [6.07, 6.45) is 1.70. The van der Waals surface area contributed by atoms with Gasteiger partial charge in [0.25, 0.3) is 0 Å². The zero-order valence-corrected chi connectivity index (χ0v) is 8.69. The molecule has 1 aromatic carbocycles. The van der Waals surface area contributed by atoms with Crippen LogP contribution in [-0.2, 0) is 11.3 Å².